The first-order valence-corrected chi connectivity index (χ1v) is 5.04. The minimum Gasteiger partial charge on any atom is -0.327 e. The first kappa shape index (κ1) is 10.9. The second-order valence-electron chi connectivity index (χ2n) is 4.25. The molecule has 1 heterocycles. The largest absolute Gasteiger partial charge is 0.327 e. The lowest BCUT2D eigenvalue weighted by Crippen LogP contribution is -2.38. The average molecular weight is 186 g/mol. The highest BCUT2D eigenvalue weighted by Crippen LogP contribution is 2.04. The summed E-state index contributed by atoms with van der Waals surface area (Å²) in [6.45, 7) is 9.39. The fourth-order valence-electron chi connectivity index (χ4n) is 1.82. The Morgan fingerprint density at radius 2 is 1.38 bits per heavy atom. The summed E-state index contributed by atoms with van der Waals surface area (Å²) in [7, 11) is 0. The van der Waals surface area contributed by atoms with Crippen LogP contribution in [0.3, 0.4) is 0 Å². The van der Waals surface area contributed by atoms with Gasteiger partial charge in [-0.15, -0.1) is 0 Å². The average Bonchev–Trinajstić information content (AvgIpc) is 2.33. The van der Waals surface area contributed by atoms with Crippen LogP contribution in [0.1, 0.15) is 13.8 Å². The molecule has 0 saturated carbocycles. The molecule has 78 valence electrons. The molecule has 0 aromatic heterocycles. The van der Waals surface area contributed by atoms with Crippen molar-refractivity contribution in [2.45, 2.75) is 25.9 Å². The van der Waals surface area contributed by atoms with Gasteiger partial charge < -0.3 is 11.5 Å². The van der Waals surface area contributed by atoms with Crippen LogP contribution in [0, 0.1) is 0 Å². The van der Waals surface area contributed by atoms with E-state index in [-0.39, 0.29) is 12.1 Å². The molecule has 2 atom stereocenters. The van der Waals surface area contributed by atoms with Gasteiger partial charge in [0.25, 0.3) is 0 Å². The zero-order valence-corrected chi connectivity index (χ0v) is 8.74. The van der Waals surface area contributed by atoms with Gasteiger partial charge in [-0.3, -0.25) is 9.80 Å². The number of rotatable bonds is 4. The summed E-state index contributed by atoms with van der Waals surface area (Å²) in [6.07, 6.45) is 0. The van der Waals surface area contributed by atoms with Crippen molar-refractivity contribution in [3.8, 4) is 0 Å². The van der Waals surface area contributed by atoms with Crippen molar-refractivity contribution in [1.82, 2.24) is 9.80 Å². The molecule has 0 aromatic carbocycles. The van der Waals surface area contributed by atoms with E-state index in [0.29, 0.717) is 0 Å². The first-order chi connectivity index (χ1) is 6.08. The number of hydrogen-bond donors (Lipinski definition) is 2. The second-order valence-corrected chi connectivity index (χ2v) is 4.25. The van der Waals surface area contributed by atoms with E-state index < -0.39 is 0 Å². The highest BCUT2D eigenvalue weighted by Gasteiger charge is 2.20. The predicted molar refractivity (Wildman–Crippen MR) is 55.3 cm³/mol. The summed E-state index contributed by atoms with van der Waals surface area (Å²) < 4.78 is 0. The smallest absolute Gasteiger partial charge is 0.0508 e. The number of nitrogens with two attached hydrogens (primary N) is 2. The summed E-state index contributed by atoms with van der Waals surface area (Å²) >= 11 is 0. The molecule has 1 fully saturated rings. The maximum atomic E-state index is 5.73. The summed E-state index contributed by atoms with van der Waals surface area (Å²) in [5, 5.41) is 0. The van der Waals surface area contributed by atoms with E-state index in [2.05, 4.69) is 9.80 Å². The van der Waals surface area contributed by atoms with Gasteiger partial charge in [0, 0.05) is 38.3 Å². The number of hydrogen-bond acceptors (Lipinski definition) is 4. The fraction of sp³-hybridized carbons (Fsp3) is 1.00. The highest BCUT2D eigenvalue weighted by molar-refractivity contribution is 4.75. The van der Waals surface area contributed by atoms with E-state index in [9.17, 15) is 0 Å². The minimum absolute atomic E-state index is 0.273. The van der Waals surface area contributed by atoms with Gasteiger partial charge in [-0.1, -0.05) is 0 Å². The Morgan fingerprint density at radius 3 is 1.69 bits per heavy atom. The van der Waals surface area contributed by atoms with Crippen LogP contribution in [-0.2, 0) is 0 Å². The van der Waals surface area contributed by atoms with E-state index in [1.165, 1.54) is 0 Å². The molecule has 1 saturated heterocycles. The van der Waals surface area contributed by atoms with Gasteiger partial charge in [-0.25, -0.2) is 0 Å². The van der Waals surface area contributed by atoms with Crippen LogP contribution in [0.2, 0.25) is 0 Å². The van der Waals surface area contributed by atoms with Crippen LogP contribution in [0.5, 0.6) is 0 Å². The van der Waals surface area contributed by atoms with Crippen molar-refractivity contribution in [3.05, 3.63) is 0 Å². The van der Waals surface area contributed by atoms with Crippen molar-refractivity contribution in [1.29, 1.82) is 0 Å². The third-order valence-electron chi connectivity index (χ3n) is 2.22. The van der Waals surface area contributed by atoms with Gasteiger partial charge in [0.05, 0.1) is 6.67 Å². The van der Waals surface area contributed by atoms with Crippen LogP contribution in [0.15, 0.2) is 0 Å². The van der Waals surface area contributed by atoms with Crippen molar-refractivity contribution in [2.75, 3.05) is 32.8 Å². The maximum absolute atomic E-state index is 5.73. The zero-order valence-electron chi connectivity index (χ0n) is 8.74. The molecule has 0 bridgehead atoms. The SMILES string of the molecule is CC(N)CN1CCN(CC(C)N)C1. The van der Waals surface area contributed by atoms with Gasteiger partial charge in [0.15, 0.2) is 0 Å². The first-order valence-electron chi connectivity index (χ1n) is 5.04. The van der Waals surface area contributed by atoms with Crippen LogP contribution in [-0.4, -0.2) is 54.7 Å². The molecule has 1 aliphatic heterocycles. The van der Waals surface area contributed by atoms with Crippen molar-refractivity contribution < 1.29 is 0 Å². The summed E-state index contributed by atoms with van der Waals surface area (Å²) in [4.78, 5) is 4.76. The monoisotopic (exact) mass is 186 g/mol. The summed E-state index contributed by atoms with van der Waals surface area (Å²) in [6, 6.07) is 0.547. The van der Waals surface area contributed by atoms with Gasteiger partial charge in [-0.05, 0) is 13.8 Å². The normalized spacial score (nSPS) is 24.9. The standard InChI is InChI=1S/C9H22N4/c1-8(10)5-12-3-4-13(7-12)6-9(2)11/h8-9H,3-7,10-11H2,1-2H3. The molecule has 4 heteroatoms. The molecule has 1 rings (SSSR count). The molecule has 0 aliphatic carbocycles. The van der Waals surface area contributed by atoms with E-state index in [1.54, 1.807) is 0 Å². The Hall–Kier alpha value is -0.160. The fourth-order valence-corrected chi connectivity index (χ4v) is 1.82. The number of nitrogens with zero attached hydrogens (tertiary/aromatic N) is 2. The maximum Gasteiger partial charge on any atom is 0.0508 e. The van der Waals surface area contributed by atoms with Gasteiger partial charge in [0.2, 0.25) is 0 Å². The Morgan fingerprint density at radius 1 is 1.00 bits per heavy atom. The van der Waals surface area contributed by atoms with E-state index >= 15 is 0 Å². The lowest BCUT2D eigenvalue weighted by molar-refractivity contribution is 0.232. The Balaban J connectivity index is 2.20. The molecular weight excluding hydrogens is 164 g/mol. The Bertz CT molecular complexity index is 131. The van der Waals surface area contributed by atoms with Crippen molar-refractivity contribution >= 4 is 0 Å². The van der Waals surface area contributed by atoms with Crippen LogP contribution < -0.4 is 11.5 Å². The van der Waals surface area contributed by atoms with Gasteiger partial charge >= 0.3 is 0 Å². The molecular formula is C9H22N4. The quantitative estimate of drug-likeness (QED) is 0.607. The molecule has 4 nitrogen and oxygen atoms in total. The molecule has 0 radical (unpaired) electrons. The highest BCUT2D eigenvalue weighted by atomic mass is 15.4. The van der Waals surface area contributed by atoms with E-state index in [4.69, 9.17) is 11.5 Å². The third kappa shape index (κ3) is 4.04. The molecule has 13 heavy (non-hydrogen) atoms. The Labute approximate surface area is 80.9 Å². The minimum atomic E-state index is 0.273. The molecule has 0 amide bonds. The molecule has 4 N–H and O–H groups in total. The lowest BCUT2D eigenvalue weighted by Gasteiger charge is -2.20. The molecule has 0 aromatic rings. The summed E-state index contributed by atoms with van der Waals surface area (Å²) in [5.74, 6) is 0. The lowest BCUT2D eigenvalue weighted by atomic mass is 10.3. The predicted octanol–water partition coefficient (Wildman–Crippen LogP) is -0.744. The van der Waals surface area contributed by atoms with E-state index in [1.807, 2.05) is 13.8 Å². The summed E-state index contributed by atoms with van der Waals surface area (Å²) in [5.41, 5.74) is 11.5. The van der Waals surface area contributed by atoms with Crippen LogP contribution >= 0.6 is 0 Å². The van der Waals surface area contributed by atoms with Crippen molar-refractivity contribution in [3.63, 3.8) is 0 Å². The van der Waals surface area contributed by atoms with Gasteiger partial charge in [-0.2, -0.15) is 0 Å². The zero-order chi connectivity index (χ0) is 9.84. The topological polar surface area (TPSA) is 58.5 Å². The Kier molecular flexibility index (Phi) is 4.12. The van der Waals surface area contributed by atoms with Crippen molar-refractivity contribution in [2.24, 2.45) is 11.5 Å². The second kappa shape index (κ2) is 4.91. The third-order valence-corrected chi connectivity index (χ3v) is 2.22. The molecule has 1 aliphatic rings. The molecule has 0 spiro atoms. The van der Waals surface area contributed by atoms with E-state index in [0.717, 1.165) is 32.8 Å². The molecule has 2 unspecified atom stereocenters. The van der Waals surface area contributed by atoms with Gasteiger partial charge in [0.1, 0.15) is 0 Å². The van der Waals surface area contributed by atoms with Crippen LogP contribution in [0.25, 0.3) is 0 Å². The van der Waals surface area contributed by atoms with Crippen LogP contribution in [0.4, 0.5) is 0 Å².